The molecular formula is C10H20O3. The average Bonchev–Trinajstić information content (AvgIpc) is 2.57. The molecule has 0 spiro atoms. The predicted molar refractivity (Wildman–Crippen MR) is 50.7 cm³/mol. The lowest BCUT2D eigenvalue weighted by Gasteiger charge is -2.13. The minimum Gasteiger partial charge on any atom is -0.388 e. The van der Waals surface area contributed by atoms with Gasteiger partial charge in [-0.05, 0) is 18.8 Å². The molecule has 0 radical (unpaired) electrons. The first-order valence-corrected chi connectivity index (χ1v) is 5.07. The van der Waals surface area contributed by atoms with Gasteiger partial charge in [-0.1, -0.05) is 12.8 Å². The minimum absolute atomic E-state index is 0.366. The molecule has 1 aliphatic carbocycles. The van der Waals surface area contributed by atoms with Gasteiger partial charge in [0.1, 0.15) is 6.10 Å². The summed E-state index contributed by atoms with van der Waals surface area (Å²) in [4.78, 5) is 0. The molecule has 0 bridgehead atoms. The summed E-state index contributed by atoms with van der Waals surface area (Å²) in [5.41, 5.74) is 0. The molecule has 0 aromatic carbocycles. The third-order valence-electron chi connectivity index (χ3n) is 2.50. The molecule has 1 atom stereocenters. The van der Waals surface area contributed by atoms with Crippen LogP contribution in [0.1, 0.15) is 25.7 Å². The molecule has 0 aliphatic heterocycles. The van der Waals surface area contributed by atoms with Crippen LogP contribution in [0.3, 0.4) is 0 Å². The van der Waals surface area contributed by atoms with Gasteiger partial charge < -0.3 is 14.6 Å². The van der Waals surface area contributed by atoms with E-state index >= 15 is 0 Å². The Bertz CT molecular complexity index is 121. The van der Waals surface area contributed by atoms with Gasteiger partial charge in [-0.2, -0.15) is 0 Å². The average molecular weight is 188 g/mol. The van der Waals surface area contributed by atoms with E-state index in [1.54, 1.807) is 7.11 Å². The maximum absolute atomic E-state index is 9.27. The molecule has 1 rings (SSSR count). The first-order valence-electron chi connectivity index (χ1n) is 5.07. The van der Waals surface area contributed by atoms with Crippen molar-refractivity contribution in [3.8, 4) is 0 Å². The van der Waals surface area contributed by atoms with Crippen LogP contribution in [0.15, 0.2) is 0 Å². The second kappa shape index (κ2) is 6.35. The molecule has 0 heterocycles. The topological polar surface area (TPSA) is 38.7 Å². The molecule has 13 heavy (non-hydrogen) atoms. The van der Waals surface area contributed by atoms with E-state index in [0.717, 1.165) is 12.5 Å². The van der Waals surface area contributed by atoms with E-state index in [4.69, 9.17) is 9.47 Å². The molecule has 0 aromatic heterocycles. The first-order chi connectivity index (χ1) is 6.33. The SMILES string of the molecule is COCC(O)COCC1CCCC1. The van der Waals surface area contributed by atoms with Gasteiger partial charge >= 0.3 is 0 Å². The summed E-state index contributed by atoms with van der Waals surface area (Å²) < 4.78 is 10.2. The van der Waals surface area contributed by atoms with Crippen LogP contribution < -0.4 is 0 Å². The zero-order valence-corrected chi connectivity index (χ0v) is 8.37. The third-order valence-corrected chi connectivity index (χ3v) is 2.50. The molecule has 1 unspecified atom stereocenters. The van der Waals surface area contributed by atoms with Gasteiger partial charge in [0.25, 0.3) is 0 Å². The van der Waals surface area contributed by atoms with Gasteiger partial charge in [-0.25, -0.2) is 0 Å². The Kier molecular flexibility index (Phi) is 5.35. The van der Waals surface area contributed by atoms with E-state index in [-0.39, 0.29) is 0 Å². The van der Waals surface area contributed by atoms with E-state index in [1.165, 1.54) is 25.7 Å². The minimum atomic E-state index is -0.466. The summed E-state index contributed by atoms with van der Waals surface area (Å²) in [6.07, 6.45) is 4.80. The lowest BCUT2D eigenvalue weighted by molar-refractivity contribution is -0.0145. The van der Waals surface area contributed by atoms with Crippen molar-refractivity contribution >= 4 is 0 Å². The van der Waals surface area contributed by atoms with Crippen molar-refractivity contribution in [3.05, 3.63) is 0 Å². The number of hydrogen-bond acceptors (Lipinski definition) is 3. The summed E-state index contributed by atoms with van der Waals surface area (Å²) in [6.45, 7) is 1.58. The second-order valence-electron chi connectivity index (χ2n) is 3.80. The molecule has 0 aromatic rings. The van der Waals surface area contributed by atoms with Crippen molar-refractivity contribution in [1.82, 2.24) is 0 Å². The van der Waals surface area contributed by atoms with Crippen LogP contribution in [0.2, 0.25) is 0 Å². The van der Waals surface area contributed by atoms with Crippen molar-refractivity contribution in [3.63, 3.8) is 0 Å². The Hall–Kier alpha value is -0.120. The van der Waals surface area contributed by atoms with Crippen LogP contribution in [0, 0.1) is 5.92 Å². The maximum atomic E-state index is 9.27. The van der Waals surface area contributed by atoms with Crippen LogP contribution in [0.25, 0.3) is 0 Å². The fraction of sp³-hybridized carbons (Fsp3) is 1.00. The number of rotatable bonds is 6. The summed E-state index contributed by atoms with van der Waals surface area (Å²) in [7, 11) is 1.58. The first kappa shape index (κ1) is 11.0. The Morgan fingerprint density at radius 3 is 2.62 bits per heavy atom. The van der Waals surface area contributed by atoms with E-state index in [1.807, 2.05) is 0 Å². The normalized spacial score (nSPS) is 20.8. The Balaban J connectivity index is 1.93. The van der Waals surface area contributed by atoms with Crippen LogP contribution in [-0.4, -0.2) is 38.1 Å². The molecule has 1 fully saturated rings. The quantitative estimate of drug-likeness (QED) is 0.680. The number of aliphatic hydroxyl groups is 1. The lowest BCUT2D eigenvalue weighted by Crippen LogP contribution is -2.22. The molecule has 1 aliphatic rings. The van der Waals surface area contributed by atoms with Gasteiger partial charge in [-0.15, -0.1) is 0 Å². The van der Waals surface area contributed by atoms with Crippen LogP contribution in [0.4, 0.5) is 0 Å². The highest BCUT2D eigenvalue weighted by Crippen LogP contribution is 2.24. The second-order valence-corrected chi connectivity index (χ2v) is 3.80. The number of methoxy groups -OCH3 is 1. The van der Waals surface area contributed by atoms with Gasteiger partial charge in [0, 0.05) is 13.7 Å². The van der Waals surface area contributed by atoms with Gasteiger partial charge in [-0.3, -0.25) is 0 Å². The monoisotopic (exact) mass is 188 g/mol. The fourth-order valence-electron chi connectivity index (χ4n) is 1.79. The van der Waals surface area contributed by atoms with E-state index in [2.05, 4.69) is 0 Å². The molecule has 1 N–H and O–H groups in total. The number of aliphatic hydroxyl groups excluding tert-OH is 1. The Morgan fingerprint density at radius 2 is 2.00 bits per heavy atom. The Morgan fingerprint density at radius 1 is 1.31 bits per heavy atom. The predicted octanol–water partition coefficient (Wildman–Crippen LogP) is 1.20. The highest BCUT2D eigenvalue weighted by molar-refractivity contribution is 4.66. The third kappa shape index (κ3) is 4.60. The van der Waals surface area contributed by atoms with Crippen LogP contribution in [0.5, 0.6) is 0 Å². The molecule has 3 heteroatoms. The maximum Gasteiger partial charge on any atom is 0.101 e. The largest absolute Gasteiger partial charge is 0.388 e. The van der Waals surface area contributed by atoms with Crippen LogP contribution in [-0.2, 0) is 9.47 Å². The summed E-state index contributed by atoms with van der Waals surface area (Å²) in [5, 5.41) is 9.27. The standard InChI is InChI=1S/C10H20O3/c1-12-7-10(11)8-13-6-9-4-2-3-5-9/h9-11H,2-8H2,1H3. The van der Waals surface area contributed by atoms with Crippen molar-refractivity contribution in [2.45, 2.75) is 31.8 Å². The smallest absolute Gasteiger partial charge is 0.101 e. The van der Waals surface area contributed by atoms with Gasteiger partial charge in [0.2, 0.25) is 0 Å². The molecule has 3 nitrogen and oxygen atoms in total. The van der Waals surface area contributed by atoms with Crippen molar-refractivity contribution in [2.75, 3.05) is 26.9 Å². The molecule has 1 saturated carbocycles. The number of hydrogen-bond donors (Lipinski definition) is 1. The summed E-state index contributed by atoms with van der Waals surface area (Å²) in [6, 6.07) is 0. The van der Waals surface area contributed by atoms with Crippen molar-refractivity contribution < 1.29 is 14.6 Å². The molecular weight excluding hydrogens is 168 g/mol. The van der Waals surface area contributed by atoms with E-state index in [9.17, 15) is 5.11 Å². The van der Waals surface area contributed by atoms with Crippen molar-refractivity contribution in [2.24, 2.45) is 5.92 Å². The highest BCUT2D eigenvalue weighted by Gasteiger charge is 2.15. The van der Waals surface area contributed by atoms with Crippen molar-refractivity contribution in [1.29, 1.82) is 0 Å². The summed E-state index contributed by atoms with van der Waals surface area (Å²) >= 11 is 0. The highest BCUT2D eigenvalue weighted by atomic mass is 16.5. The molecule has 78 valence electrons. The zero-order valence-electron chi connectivity index (χ0n) is 8.37. The summed E-state index contributed by atoms with van der Waals surface area (Å²) in [5.74, 6) is 0.731. The van der Waals surface area contributed by atoms with Gasteiger partial charge in [0.15, 0.2) is 0 Å². The van der Waals surface area contributed by atoms with Gasteiger partial charge in [0.05, 0.1) is 13.2 Å². The van der Waals surface area contributed by atoms with E-state index < -0.39 is 6.10 Å². The Labute approximate surface area is 80.0 Å². The lowest BCUT2D eigenvalue weighted by atomic mass is 10.1. The van der Waals surface area contributed by atoms with Crippen LogP contribution >= 0.6 is 0 Å². The zero-order chi connectivity index (χ0) is 9.52. The fourth-order valence-corrected chi connectivity index (χ4v) is 1.79. The molecule has 0 amide bonds. The molecule has 0 saturated heterocycles. The number of ether oxygens (including phenoxy) is 2. The van der Waals surface area contributed by atoms with E-state index in [0.29, 0.717) is 13.2 Å².